The Morgan fingerprint density at radius 1 is 0.588 bits per heavy atom. The van der Waals surface area contributed by atoms with Crippen LogP contribution in [0.1, 0.15) is 0 Å². The van der Waals surface area contributed by atoms with Gasteiger partial charge in [-0.3, -0.25) is 0 Å². The van der Waals surface area contributed by atoms with Gasteiger partial charge in [0.05, 0.1) is 55.5 Å². The lowest BCUT2D eigenvalue weighted by Gasteiger charge is -2.18. The lowest BCUT2D eigenvalue weighted by atomic mass is 10.0. The predicted molar refractivity (Wildman–Crippen MR) is 137 cm³/mol. The average molecular weight is 455 g/mol. The highest BCUT2D eigenvalue weighted by molar-refractivity contribution is 6.25. The summed E-state index contributed by atoms with van der Waals surface area (Å²) in [5.74, 6) is 2.31. The van der Waals surface area contributed by atoms with Gasteiger partial charge in [0.1, 0.15) is 17.2 Å². The number of rotatable bonds is 7. The molecule has 0 amide bonds. The summed E-state index contributed by atoms with van der Waals surface area (Å²) < 4.78 is 15.7. The summed E-state index contributed by atoms with van der Waals surface area (Å²) in [6.45, 7) is 0. The Bertz CT molecular complexity index is 1260. The minimum Gasteiger partial charge on any atom is -0.497 e. The maximum Gasteiger partial charge on any atom is 0.119 e. The number of nitrogens with one attached hydrogen (secondary N) is 1. The van der Waals surface area contributed by atoms with Gasteiger partial charge in [0.25, 0.3) is 0 Å². The molecule has 0 heterocycles. The van der Waals surface area contributed by atoms with Crippen molar-refractivity contribution in [1.29, 1.82) is 0 Å². The zero-order chi connectivity index (χ0) is 23.9. The van der Waals surface area contributed by atoms with Gasteiger partial charge in [-0.15, -0.1) is 0 Å². The third-order valence-electron chi connectivity index (χ3n) is 5.16. The third kappa shape index (κ3) is 5.45. The molecule has 3 aromatic rings. The molecule has 4 rings (SSSR count). The standard InChI is InChI=1S/C27H26N4O3/c1-32-21-10-4-18(5-11-21)29-25-17-27(31-20-8-14-23(34-3)15-9-20)26(16-24(25)28)30-19-6-12-22(33-2)13-7-19/h4-17,31H,28H2,1-3H3. The van der Waals surface area contributed by atoms with Crippen molar-refractivity contribution in [2.24, 2.45) is 15.7 Å². The molecule has 0 saturated carbocycles. The van der Waals surface area contributed by atoms with E-state index in [1.165, 1.54) is 0 Å². The molecule has 0 atom stereocenters. The van der Waals surface area contributed by atoms with Crippen LogP contribution < -0.4 is 25.3 Å². The number of ether oxygens (including phenoxy) is 3. The number of allylic oxidation sites excluding steroid dienone is 2. The Morgan fingerprint density at radius 2 is 1.03 bits per heavy atom. The van der Waals surface area contributed by atoms with Crippen molar-refractivity contribution < 1.29 is 14.2 Å². The van der Waals surface area contributed by atoms with Gasteiger partial charge in [0, 0.05) is 5.69 Å². The fourth-order valence-electron chi connectivity index (χ4n) is 3.30. The van der Waals surface area contributed by atoms with E-state index >= 15 is 0 Å². The molecular weight excluding hydrogens is 428 g/mol. The van der Waals surface area contributed by atoms with Crippen LogP contribution in [-0.4, -0.2) is 32.8 Å². The monoisotopic (exact) mass is 454 g/mol. The second-order valence-corrected chi connectivity index (χ2v) is 7.40. The second kappa shape index (κ2) is 10.4. The molecule has 0 fully saturated rings. The number of nitrogens with zero attached hydrogens (tertiary/aromatic N) is 2. The smallest absolute Gasteiger partial charge is 0.119 e. The Kier molecular flexibility index (Phi) is 6.93. The summed E-state index contributed by atoms with van der Waals surface area (Å²) in [5, 5.41) is 3.43. The van der Waals surface area contributed by atoms with E-state index in [4.69, 9.17) is 29.9 Å². The topological polar surface area (TPSA) is 90.5 Å². The number of aliphatic imine (C=N–C) groups is 2. The van der Waals surface area contributed by atoms with Crippen molar-refractivity contribution >= 4 is 28.5 Å². The normalized spacial score (nSPS) is 15.5. The quantitative estimate of drug-likeness (QED) is 0.466. The first-order valence-electron chi connectivity index (χ1n) is 10.6. The van der Waals surface area contributed by atoms with Gasteiger partial charge >= 0.3 is 0 Å². The third-order valence-corrected chi connectivity index (χ3v) is 5.16. The van der Waals surface area contributed by atoms with E-state index in [0.29, 0.717) is 17.1 Å². The van der Waals surface area contributed by atoms with Crippen molar-refractivity contribution in [3.63, 3.8) is 0 Å². The van der Waals surface area contributed by atoms with Crippen molar-refractivity contribution in [3.8, 4) is 17.2 Å². The molecule has 3 aromatic carbocycles. The van der Waals surface area contributed by atoms with E-state index in [0.717, 1.165) is 40.0 Å². The summed E-state index contributed by atoms with van der Waals surface area (Å²) in [5.41, 5.74) is 11.4. The fourth-order valence-corrected chi connectivity index (χ4v) is 3.30. The second-order valence-electron chi connectivity index (χ2n) is 7.40. The van der Waals surface area contributed by atoms with Gasteiger partial charge in [0.15, 0.2) is 0 Å². The van der Waals surface area contributed by atoms with Gasteiger partial charge < -0.3 is 25.3 Å². The van der Waals surface area contributed by atoms with Gasteiger partial charge in [-0.25, -0.2) is 9.98 Å². The number of anilines is 1. The SMILES string of the molecule is COc1ccc(N=C2C=C(Nc3ccc(OC)cc3)C(=Nc3ccc(OC)cc3)C=C2N)cc1. The molecule has 1 aliphatic rings. The van der Waals surface area contributed by atoms with Crippen LogP contribution in [0.15, 0.2) is 106 Å². The maximum absolute atomic E-state index is 6.38. The lowest BCUT2D eigenvalue weighted by Crippen LogP contribution is -2.22. The van der Waals surface area contributed by atoms with Gasteiger partial charge in [-0.1, -0.05) is 0 Å². The molecule has 0 bridgehead atoms. The molecule has 1 aliphatic carbocycles. The average Bonchev–Trinajstić information content (AvgIpc) is 2.88. The van der Waals surface area contributed by atoms with Crippen LogP contribution in [0.4, 0.5) is 17.1 Å². The van der Waals surface area contributed by atoms with Crippen LogP contribution in [0.5, 0.6) is 17.2 Å². The Labute approximate surface area is 198 Å². The largest absolute Gasteiger partial charge is 0.497 e. The summed E-state index contributed by atoms with van der Waals surface area (Å²) in [6.07, 6.45) is 3.71. The lowest BCUT2D eigenvalue weighted by molar-refractivity contribution is 0.415. The molecule has 7 nitrogen and oxygen atoms in total. The summed E-state index contributed by atoms with van der Waals surface area (Å²) in [4.78, 5) is 9.51. The zero-order valence-corrected chi connectivity index (χ0v) is 19.3. The van der Waals surface area contributed by atoms with Crippen LogP contribution in [0.2, 0.25) is 0 Å². The zero-order valence-electron chi connectivity index (χ0n) is 19.3. The van der Waals surface area contributed by atoms with Crippen molar-refractivity contribution in [1.82, 2.24) is 0 Å². The highest BCUT2D eigenvalue weighted by Gasteiger charge is 2.17. The molecule has 0 saturated heterocycles. The number of hydrogen-bond acceptors (Lipinski definition) is 7. The van der Waals surface area contributed by atoms with Gasteiger partial charge in [0.2, 0.25) is 0 Å². The molecular formula is C27H26N4O3. The highest BCUT2D eigenvalue weighted by atomic mass is 16.5. The number of hydrogen-bond donors (Lipinski definition) is 2. The fraction of sp³-hybridized carbons (Fsp3) is 0.111. The van der Waals surface area contributed by atoms with Crippen LogP contribution >= 0.6 is 0 Å². The summed E-state index contributed by atoms with van der Waals surface area (Å²) in [6, 6.07) is 22.7. The Balaban J connectivity index is 1.71. The minimum atomic E-state index is 0.517. The van der Waals surface area contributed by atoms with Crippen LogP contribution in [0, 0.1) is 0 Å². The van der Waals surface area contributed by atoms with E-state index in [-0.39, 0.29) is 0 Å². The molecule has 0 spiro atoms. The van der Waals surface area contributed by atoms with E-state index in [1.807, 2.05) is 84.9 Å². The van der Waals surface area contributed by atoms with E-state index in [1.54, 1.807) is 21.3 Å². The van der Waals surface area contributed by atoms with Crippen molar-refractivity contribution in [2.45, 2.75) is 0 Å². The first kappa shape index (κ1) is 22.7. The van der Waals surface area contributed by atoms with Gasteiger partial charge in [-0.05, 0) is 84.9 Å². The Morgan fingerprint density at radius 3 is 1.50 bits per heavy atom. The number of nitrogens with two attached hydrogens (primary N) is 1. The molecule has 7 heteroatoms. The molecule has 34 heavy (non-hydrogen) atoms. The number of benzene rings is 3. The first-order valence-corrected chi connectivity index (χ1v) is 10.6. The van der Waals surface area contributed by atoms with E-state index in [2.05, 4.69) is 5.32 Å². The maximum atomic E-state index is 6.38. The van der Waals surface area contributed by atoms with Crippen LogP contribution in [0.3, 0.4) is 0 Å². The highest BCUT2D eigenvalue weighted by Crippen LogP contribution is 2.25. The van der Waals surface area contributed by atoms with Crippen LogP contribution in [0.25, 0.3) is 0 Å². The Hall–Kier alpha value is -4.52. The molecule has 0 radical (unpaired) electrons. The molecule has 172 valence electrons. The summed E-state index contributed by atoms with van der Waals surface area (Å²) in [7, 11) is 4.91. The van der Waals surface area contributed by atoms with Gasteiger partial charge in [-0.2, -0.15) is 0 Å². The first-order chi connectivity index (χ1) is 16.6. The minimum absolute atomic E-state index is 0.517. The molecule has 0 unspecified atom stereocenters. The predicted octanol–water partition coefficient (Wildman–Crippen LogP) is 5.41. The van der Waals surface area contributed by atoms with E-state index < -0.39 is 0 Å². The van der Waals surface area contributed by atoms with Crippen LogP contribution in [-0.2, 0) is 0 Å². The van der Waals surface area contributed by atoms with E-state index in [9.17, 15) is 0 Å². The molecule has 3 N–H and O–H groups in total. The molecule has 0 aliphatic heterocycles. The van der Waals surface area contributed by atoms with Crippen molar-refractivity contribution in [3.05, 3.63) is 96.3 Å². The molecule has 0 aromatic heterocycles. The number of methoxy groups -OCH3 is 3. The van der Waals surface area contributed by atoms with Crippen molar-refractivity contribution in [2.75, 3.05) is 26.6 Å². The summed E-state index contributed by atoms with van der Waals surface area (Å²) >= 11 is 0.